The summed E-state index contributed by atoms with van der Waals surface area (Å²) >= 11 is 1.35. The number of anilines is 1. The predicted octanol–water partition coefficient (Wildman–Crippen LogP) is 3.02. The molecule has 0 bridgehead atoms. The minimum Gasteiger partial charge on any atom is -0.331 e. The zero-order valence-corrected chi connectivity index (χ0v) is 13.0. The van der Waals surface area contributed by atoms with Crippen LogP contribution in [0.2, 0.25) is 0 Å². The molecular weight excluding hydrogens is 348 g/mol. The summed E-state index contributed by atoms with van der Waals surface area (Å²) in [5, 5.41) is 5.32. The Morgan fingerprint density at radius 3 is 2.78 bits per heavy atom. The molecule has 0 aliphatic carbocycles. The van der Waals surface area contributed by atoms with E-state index in [-0.39, 0.29) is 17.4 Å². The first-order valence-electron chi connectivity index (χ1n) is 6.25. The van der Waals surface area contributed by atoms with Gasteiger partial charge in [-0.05, 0) is 22.7 Å². The summed E-state index contributed by atoms with van der Waals surface area (Å²) in [5.41, 5.74) is -0.166. The minimum atomic E-state index is -3.97. The molecule has 0 unspecified atom stereocenters. The summed E-state index contributed by atoms with van der Waals surface area (Å²) < 4.78 is 57.4. The van der Waals surface area contributed by atoms with Crippen LogP contribution in [0.15, 0.2) is 40.2 Å². The Kier molecular flexibility index (Phi) is 4.09. The van der Waals surface area contributed by atoms with E-state index in [0.29, 0.717) is 10.9 Å². The molecule has 0 radical (unpaired) electrons. The first kappa shape index (κ1) is 15.6. The Morgan fingerprint density at radius 1 is 1.26 bits per heavy atom. The van der Waals surface area contributed by atoms with Crippen molar-refractivity contribution in [2.24, 2.45) is 0 Å². The molecule has 0 aliphatic heterocycles. The van der Waals surface area contributed by atoms with E-state index in [1.807, 2.05) is 0 Å². The monoisotopic (exact) mass is 357 g/mol. The molecule has 0 saturated carbocycles. The van der Waals surface area contributed by atoms with E-state index in [0.717, 1.165) is 12.1 Å². The molecule has 120 valence electrons. The number of benzene rings is 1. The fraction of sp³-hybridized carbons (Fsp3) is 0.0769. The van der Waals surface area contributed by atoms with Crippen LogP contribution in [0.1, 0.15) is 5.56 Å². The quantitative estimate of drug-likeness (QED) is 0.759. The lowest BCUT2D eigenvalue weighted by Crippen LogP contribution is -2.16. The molecule has 3 aromatic rings. The molecular formula is C13H9F2N3O3S2. The third kappa shape index (κ3) is 3.71. The second-order valence-corrected chi connectivity index (χ2v) is 7.17. The molecule has 0 atom stereocenters. The van der Waals surface area contributed by atoms with Gasteiger partial charge in [0.15, 0.2) is 0 Å². The highest BCUT2D eigenvalue weighted by atomic mass is 32.2. The largest absolute Gasteiger partial charge is 0.331 e. The Bertz CT molecular complexity index is 924. The van der Waals surface area contributed by atoms with E-state index < -0.39 is 27.4 Å². The standard InChI is InChI=1S/C13H9F2N3O3S2/c14-9-4-3-8(10(15)6-9)7-23(19,20)18-13-16-12(21-17-13)11-2-1-5-22-11/h1-6H,7H2,(H,17,18). The molecule has 2 heterocycles. The summed E-state index contributed by atoms with van der Waals surface area (Å²) in [5.74, 6) is -2.48. The zero-order chi connectivity index (χ0) is 16.4. The normalized spacial score (nSPS) is 11.6. The predicted molar refractivity (Wildman–Crippen MR) is 80.2 cm³/mol. The molecule has 1 aromatic carbocycles. The van der Waals surface area contributed by atoms with Gasteiger partial charge in [0.2, 0.25) is 10.0 Å². The van der Waals surface area contributed by atoms with Gasteiger partial charge in [-0.25, -0.2) is 21.9 Å². The molecule has 1 N–H and O–H groups in total. The van der Waals surface area contributed by atoms with Gasteiger partial charge in [-0.3, -0.25) is 0 Å². The maximum atomic E-state index is 13.5. The highest BCUT2D eigenvalue weighted by Gasteiger charge is 2.19. The fourth-order valence-corrected chi connectivity index (χ4v) is 3.51. The van der Waals surface area contributed by atoms with E-state index >= 15 is 0 Å². The second kappa shape index (κ2) is 6.05. The Morgan fingerprint density at radius 2 is 2.09 bits per heavy atom. The van der Waals surface area contributed by atoms with Gasteiger partial charge < -0.3 is 4.52 Å². The zero-order valence-electron chi connectivity index (χ0n) is 11.4. The van der Waals surface area contributed by atoms with Gasteiger partial charge in [0, 0.05) is 11.6 Å². The summed E-state index contributed by atoms with van der Waals surface area (Å²) in [6, 6.07) is 6.19. The van der Waals surface area contributed by atoms with Crippen LogP contribution in [0, 0.1) is 11.6 Å². The Hall–Kier alpha value is -2.33. The summed E-state index contributed by atoms with van der Waals surface area (Å²) in [6.07, 6.45) is 0. The molecule has 10 heteroatoms. The number of thiophene rings is 1. The van der Waals surface area contributed by atoms with Gasteiger partial charge in [-0.15, -0.1) is 11.3 Å². The number of hydrogen-bond donors (Lipinski definition) is 1. The number of nitrogens with zero attached hydrogens (tertiary/aromatic N) is 2. The summed E-state index contributed by atoms with van der Waals surface area (Å²) in [6.45, 7) is 0. The summed E-state index contributed by atoms with van der Waals surface area (Å²) in [4.78, 5) is 4.59. The average Bonchev–Trinajstić information content (AvgIpc) is 3.12. The fourth-order valence-electron chi connectivity index (χ4n) is 1.78. The lowest BCUT2D eigenvalue weighted by Gasteiger charge is -2.05. The van der Waals surface area contributed by atoms with Crippen molar-refractivity contribution in [3.63, 3.8) is 0 Å². The van der Waals surface area contributed by atoms with E-state index in [2.05, 4.69) is 14.9 Å². The third-order valence-corrected chi connectivity index (χ3v) is 4.81. The van der Waals surface area contributed by atoms with Crippen molar-refractivity contribution in [2.45, 2.75) is 5.75 Å². The van der Waals surface area contributed by atoms with Gasteiger partial charge in [-0.1, -0.05) is 12.1 Å². The van der Waals surface area contributed by atoms with E-state index in [9.17, 15) is 17.2 Å². The minimum absolute atomic E-state index is 0.166. The number of sulfonamides is 1. The van der Waals surface area contributed by atoms with Gasteiger partial charge in [-0.2, -0.15) is 4.98 Å². The first-order chi connectivity index (χ1) is 10.9. The Balaban J connectivity index is 1.76. The van der Waals surface area contributed by atoms with Crippen LogP contribution < -0.4 is 4.72 Å². The SMILES string of the molecule is O=S(=O)(Cc1ccc(F)cc1F)Nc1noc(-c2cccs2)n1. The van der Waals surface area contributed by atoms with E-state index in [1.54, 1.807) is 17.5 Å². The van der Waals surface area contributed by atoms with Crippen molar-refractivity contribution in [3.05, 3.63) is 52.9 Å². The number of aromatic nitrogens is 2. The van der Waals surface area contributed by atoms with Gasteiger partial charge in [0.25, 0.3) is 11.8 Å². The lowest BCUT2D eigenvalue weighted by atomic mass is 10.2. The van der Waals surface area contributed by atoms with Crippen molar-refractivity contribution in [2.75, 3.05) is 4.72 Å². The molecule has 0 fully saturated rings. The number of rotatable bonds is 5. The molecule has 3 rings (SSSR count). The van der Waals surface area contributed by atoms with Crippen LogP contribution in [-0.4, -0.2) is 18.6 Å². The van der Waals surface area contributed by atoms with Gasteiger partial charge in [0.05, 0.1) is 10.6 Å². The van der Waals surface area contributed by atoms with E-state index in [1.165, 1.54) is 11.3 Å². The number of hydrogen-bond acceptors (Lipinski definition) is 6. The summed E-state index contributed by atoms with van der Waals surface area (Å²) in [7, 11) is -3.97. The van der Waals surface area contributed by atoms with Crippen molar-refractivity contribution >= 4 is 27.3 Å². The van der Waals surface area contributed by atoms with Crippen LogP contribution >= 0.6 is 11.3 Å². The average molecular weight is 357 g/mol. The van der Waals surface area contributed by atoms with Crippen molar-refractivity contribution in [1.29, 1.82) is 0 Å². The molecule has 0 spiro atoms. The van der Waals surface area contributed by atoms with E-state index in [4.69, 9.17) is 4.52 Å². The third-order valence-electron chi connectivity index (χ3n) is 2.77. The maximum absolute atomic E-state index is 13.5. The van der Waals surface area contributed by atoms with Gasteiger partial charge >= 0.3 is 0 Å². The molecule has 2 aromatic heterocycles. The molecule has 0 amide bonds. The Labute approximate surface area is 133 Å². The van der Waals surface area contributed by atoms with Crippen LogP contribution in [0.5, 0.6) is 0 Å². The molecule has 0 saturated heterocycles. The number of halogens is 2. The van der Waals surface area contributed by atoms with Crippen LogP contribution in [0.3, 0.4) is 0 Å². The van der Waals surface area contributed by atoms with Crippen molar-refractivity contribution in [1.82, 2.24) is 10.1 Å². The smallest absolute Gasteiger partial charge is 0.277 e. The van der Waals surface area contributed by atoms with Crippen molar-refractivity contribution < 1.29 is 21.7 Å². The molecule has 0 aliphatic rings. The number of nitrogens with one attached hydrogen (secondary N) is 1. The van der Waals surface area contributed by atoms with Crippen LogP contribution in [0.25, 0.3) is 10.8 Å². The van der Waals surface area contributed by atoms with Crippen molar-refractivity contribution in [3.8, 4) is 10.8 Å². The second-order valence-electron chi connectivity index (χ2n) is 4.50. The highest BCUT2D eigenvalue weighted by molar-refractivity contribution is 7.91. The first-order valence-corrected chi connectivity index (χ1v) is 8.78. The lowest BCUT2D eigenvalue weighted by molar-refractivity contribution is 0.434. The van der Waals surface area contributed by atoms with Gasteiger partial charge in [0.1, 0.15) is 11.6 Å². The van der Waals surface area contributed by atoms with Crippen LogP contribution in [0.4, 0.5) is 14.7 Å². The molecule has 6 nitrogen and oxygen atoms in total. The molecule has 23 heavy (non-hydrogen) atoms. The maximum Gasteiger partial charge on any atom is 0.277 e. The highest BCUT2D eigenvalue weighted by Crippen LogP contribution is 2.24. The topological polar surface area (TPSA) is 85.1 Å². The van der Waals surface area contributed by atoms with Crippen LogP contribution in [-0.2, 0) is 15.8 Å².